The minimum absolute atomic E-state index is 0.0805. The lowest BCUT2D eigenvalue weighted by Gasteiger charge is -2.33. The number of hydrogen-bond donors (Lipinski definition) is 2. The number of amides is 1. The molecular weight excluding hydrogens is 312 g/mol. The first-order chi connectivity index (χ1) is 12.0. The average Bonchev–Trinajstić information content (AvgIpc) is 2.62. The standard InChI is InChI=1S/C21H28N2O2/c1-16(2)20(15-24)23(13-17-7-5-4-6-8-17)14-18-9-11-19(12-10-18)21(25)22-3/h4-12,16,20,24H,13-15H2,1-3H3,(H,22,25). The van der Waals surface area contributed by atoms with Gasteiger partial charge in [0.1, 0.15) is 0 Å². The van der Waals surface area contributed by atoms with Gasteiger partial charge in [0.2, 0.25) is 0 Å². The van der Waals surface area contributed by atoms with E-state index in [1.54, 1.807) is 7.05 Å². The van der Waals surface area contributed by atoms with Gasteiger partial charge >= 0.3 is 0 Å². The van der Waals surface area contributed by atoms with Crippen molar-refractivity contribution >= 4 is 5.91 Å². The number of nitrogens with zero attached hydrogens (tertiary/aromatic N) is 1. The largest absolute Gasteiger partial charge is 0.395 e. The molecule has 4 heteroatoms. The van der Waals surface area contributed by atoms with Crippen LogP contribution in [0.25, 0.3) is 0 Å². The number of carbonyl (C=O) groups excluding carboxylic acids is 1. The van der Waals surface area contributed by atoms with E-state index < -0.39 is 0 Å². The van der Waals surface area contributed by atoms with E-state index in [1.807, 2.05) is 42.5 Å². The number of benzene rings is 2. The van der Waals surface area contributed by atoms with Gasteiger partial charge in [0.15, 0.2) is 0 Å². The molecule has 0 fully saturated rings. The molecule has 0 spiro atoms. The Kier molecular flexibility index (Phi) is 7.16. The third-order valence-electron chi connectivity index (χ3n) is 4.48. The van der Waals surface area contributed by atoms with E-state index in [2.05, 4.69) is 36.2 Å². The monoisotopic (exact) mass is 340 g/mol. The van der Waals surface area contributed by atoms with Crippen LogP contribution in [0.2, 0.25) is 0 Å². The van der Waals surface area contributed by atoms with Crippen LogP contribution in [-0.2, 0) is 13.1 Å². The van der Waals surface area contributed by atoms with E-state index in [9.17, 15) is 9.90 Å². The van der Waals surface area contributed by atoms with Crippen LogP contribution >= 0.6 is 0 Å². The molecule has 2 aromatic carbocycles. The van der Waals surface area contributed by atoms with Crippen molar-refractivity contribution in [2.45, 2.75) is 33.0 Å². The van der Waals surface area contributed by atoms with Gasteiger partial charge in [0.05, 0.1) is 6.61 Å². The Morgan fingerprint density at radius 1 is 1.00 bits per heavy atom. The highest BCUT2D eigenvalue weighted by Gasteiger charge is 2.21. The van der Waals surface area contributed by atoms with E-state index >= 15 is 0 Å². The molecule has 2 aromatic rings. The van der Waals surface area contributed by atoms with Crippen molar-refractivity contribution in [1.29, 1.82) is 0 Å². The van der Waals surface area contributed by atoms with Crippen molar-refractivity contribution < 1.29 is 9.90 Å². The zero-order chi connectivity index (χ0) is 18.2. The van der Waals surface area contributed by atoms with Crippen LogP contribution in [-0.4, -0.2) is 35.6 Å². The first-order valence-corrected chi connectivity index (χ1v) is 8.75. The number of aliphatic hydroxyl groups is 1. The molecule has 1 amide bonds. The zero-order valence-corrected chi connectivity index (χ0v) is 15.3. The van der Waals surface area contributed by atoms with Crippen molar-refractivity contribution in [1.82, 2.24) is 10.2 Å². The SMILES string of the molecule is CNC(=O)c1ccc(CN(Cc2ccccc2)C(CO)C(C)C)cc1. The molecular formula is C21H28N2O2. The van der Waals surface area contributed by atoms with E-state index in [1.165, 1.54) is 5.56 Å². The molecule has 1 unspecified atom stereocenters. The molecule has 1 atom stereocenters. The lowest BCUT2D eigenvalue weighted by molar-refractivity contribution is 0.0784. The molecule has 0 aromatic heterocycles. The van der Waals surface area contributed by atoms with E-state index in [-0.39, 0.29) is 18.6 Å². The second-order valence-electron chi connectivity index (χ2n) is 6.66. The van der Waals surface area contributed by atoms with Crippen LogP contribution in [0, 0.1) is 5.92 Å². The Balaban J connectivity index is 2.18. The molecule has 0 aliphatic heterocycles. The van der Waals surface area contributed by atoms with Crippen molar-refractivity contribution in [3.8, 4) is 0 Å². The van der Waals surface area contributed by atoms with Crippen LogP contribution in [0.15, 0.2) is 54.6 Å². The lowest BCUT2D eigenvalue weighted by Crippen LogP contribution is -2.40. The zero-order valence-electron chi connectivity index (χ0n) is 15.3. The fraction of sp³-hybridized carbons (Fsp3) is 0.381. The van der Waals surface area contributed by atoms with Crippen molar-refractivity contribution in [3.05, 3.63) is 71.3 Å². The van der Waals surface area contributed by atoms with Gasteiger partial charge in [0, 0.05) is 31.7 Å². The molecule has 0 saturated carbocycles. The molecule has 0 saturated heterocycles. The third kappa shape index (κ3) is 5.41. The minimum Gasteiger partial charge on any atom is -0.395 e. The topological polar surface area (TPSA) is 52.6 Å². The van der Waals surface area contributed by atoms with Gasteiger partial charge in [-0.2, -0.15) is 0 Å². The maximum Gasteiger partial charge on any atom is 0.251 e. The molecule has 2 rings (SSSR count). The third-order valence-corrected chi connectivity index (χ3v) is 4.48. The molecule has 4 nitrogen and oxygen atoms in total. The summed E-state index contributed by atoms with van der Waals surface area (Å²) in [4.78, 5) is 14.0. The molecule has 2 N–H and O–H groups in total. The second-order valence-corrected chi connectivity index (χ2v) is 6.66. The van der Waals surface area contributed by atoms with Gasteiger partial charge in [-0.05, 0) is 29.2 Å². The predicted octanol–water partition coefficient (Wildman–Crippen LogP) is 3.07. The quantitative estimate of drug-likeness (QED) is 0.776. The normalized spacial score (nSPS) is 12.4. The fourth-order valence-corrected chi connectivity index (χ4v) is 3.00. The summed E-state index contributed by atoms with van der Waals surface area (Å²) in [5.41, 5.74) is 3.01. The van der Waals surface area contributed by atoms with Crippen molar-refractivity contribution in [2.75, 3.05) is 13.7 Å². The number of nitrogens with one attached hydrogen (secondary N) is 1. The van der Waals surface area contributed by atoms with Crippen molar-refractivity contribution in [3.63, 3.8) is 0 Å². The van der Waals surface area contributed by atoms with Gasteiger partial charge in [-0.25, -0.2) is 0 Å². The minimum atomic E-state index is -0.0805. The Labute approximate surface area is 150 Å². The number of carbonyl (C=O) groups is 1. The summed E-state index contributed by atoms with van der Waals surface area (Å²) >= 11 is 0. The second kappa shape index (κ2) is 9.35. The molecule has 0 aliphatic carbocycles. The summed E-state index contributed by atoms with van der Waals surface area (Å²) in [7, 11) is 1.63. The molecule has 25 heavy (non-hydrogen) atoms. The Morgan fingerprint density at radius 3 is 2.04 bits per heavy atom. The number of hydrogen-bond acceptors (Lipinski definition) is 3. The highest BCUT2D eigenvalue weighted by Crippen LogP contribution is 2.18. The van der Waals surface area contributed by atoms with Crippen LogP contribution < -0.4 is 5.32 Å². The Hall–Kier alpha value is -2.17. The van der Waals surface area contributed by atoms with Crippen LogP contribution in [0.1, 0.15) is 35.3 Å². The predicted molar refractivity (Wildman–Crippen MR) is 101 cm³/mol. The molecule has 0 aliphatic rings. The Bertz CT molecular complexity index is 653. The summed E-state index contributed by atoms with van der Waals surface area (Å²) in [6, 6.07) is 18.0. The first-order valence-electron chi connectivity index (χ1n) is 8.75. The van der Waals surface area contributed by atoms with Gasteiger partial charge < -0.3 is 10.4 Å². The fourth-order valence-electron chi connectivity index (χ4n) is 3.00. The van der Waals surface area contributed by atoms with Crippen molar-refractivity contribution in [2.24, 2.45) is 5.92 Å². The Morgan fingerprint density at radius 2 is 1.56 bits per heavy atom. The maximum absolute atomic E-state index is 11.7. The van der Waals surface area contributed by atoms with Gasteiger partial charge in [-0.3, -0.25) is 9.69 Å². The molecule has 0 radical (unpaired) electrons. The maximum atomic E-state index is 11.7. The van der Waals surface area contributed by atoms with E-state index in [4.69, 9.17) is 0 Å². The summed E-state index contributed by atoms with van der Waals surface area (Å²) in [5.74, 6) is 0.266. The summed E-state index contributed by atoms with van der Waals surface area (Å²) in [5, 5.41) is 12.5. The number of aliphatic hydroxyl groups excluding tert-OH is 1. The highest BCUT2D eigenvalue weighted by molar-refractivity contribution is 5.93. The van der Waals surface area contributed by atoms with Crippen LogP contribution in [0.5, 0.6) is 0 Å². The van der Waals surface area contributed by atoms with Gasteiger partial charge in [-0.15, -0.1) is 0 Å². The highest BCUT2D eigenvalue weighted by atomic mass is 16.3. The lowest BCUT2D eigenvalue weighted by atomic mass is 10.0. The van der Waals surface area contributed by atoms with E-state index in [0.29, 0.717) is 11.5 Å². The van der Waals surface area contributed by atoms with Gasteiger partial charge in [0.25, 0.3) is 5.91 Å². The van der Waals surface area contributed by atoms with E-state index in [0.717, 1.165) is 18.7 Å². The smallest absolute Gasteiger partial charge is 0.251 e. The molecule has 0 heterocycles. The summed E-state index contributed by atoms with van der Waals surface area (Å²) in [6.45, 7) is 5.90. The molecule has 0 bridgehead atoms. The summed E-state index contributed by atoms with van der Waals surface area (Å²) in [6.07, 6.45) is 0. The first kappa shape index (κ1) is 19.2. The van der Waals surface area contributed by atoms with Crippen LogP contribution in [0.4, 0.5) is 0 Å². The number of rotatable bonds is 8. The summed E-state index contributed by atoms with van der Waals surface area (Å²) < 4.78 is 0. The van der Waals surface area contributed by atoms with Crippen LogP contribution in [0.3, 0.4) is 0 Å². The van der Waals surface area contributed by atoms with Gasteiger partial charge in [-0.1, -0.05) is 56.3 Å². The average molecular weight is 340 g/mol. The molecule has 134 valence electrons.